The van der Waals surface area contributed by atoms with Crippen LogP contribution in [0.2, 0.25) is 0 Å². The summed E-state index contributed by atoms with van der Waals surface area (Å²) in [7, 11) is 0. The smallest absolute Gasteiger partial charge is 0.187 e. The number of aliphatic hydroxyl groups is 12. The van der Waals surface area contributed by atoms with Crippen molar-refractivity contribution in [1.29, 1.82) is 0 Å². The van der Waals surface area contributed by atoms with E-state index in [1.165, 1.54) is 12.5 Å². The fraction of sp³-hybridized carbons (Fsp3) is 0.956. The molecule has 19 heteroatoms. The highest BCUT2D eigenvalue weighted by Crippen LogP contribution is 2.71. The van der Waals surface area contributed by atoms with E-state index in [2.05, 4.69) is 19.9 Å². The lowest BCUT2D eigenvalue weighted by Crippen LogP contribution is -2.64. The molecule has 8 aliphatic rings. The monoisotopic (exact) mass is 918 g/mol. The lowest BCUT2D eigenvalue weighted by molar-refractivity contribution is -0.369. The van der Waals surface area contributed by atoms with Crippen LogP contribution in [0.3, 0.4) is 0 Å². The van der Waals surface area contributed by atoms with Crippen LogP contribution in [0.4, 0.5) is 0 Å². The van der Waals surface area contributed by atoms with E-state index in [1.807, 2.05) is 13.8 Å². The minimum absolute atomic E-state index is 0.101. The molecule has 4 aliphatic carbocycles. The van der Waals surface area contributed by atoms with Gasteiger partial charge in [-0.15, -0.1) is 0 Å². The Hall–Kier alpha value is -1.02. The summed E-state index contributed by atoms with van der Waals surface area (Å²) in [5.74, 6) is -1.61. The average Bonchev–Trinajstić information content (AvgIpc) is 3.62. The van der Waals surface area contributed by atoms with Gasteiger partial charge in [0.2, 0.25) is 0 Å². The van der Waals surface area contributed by atoms with E-state index in [1.54, 1.807) is 0 Å². The molecule has 368 valence electrons. The molecule has 0 bridgehead atoms. The number of fused-ring (bicyclic) bond motifs is 7. The fourth-order valence-corrected chi connectivity index (χ4v) is 13.4. The molecule has 26 atom stereocenters. The summed E-state index contributed by atoms with van der Waals surface area (Å²) in [5.41, 5.74) is -0.710. The fourth-order valence-electron chi connectivity index (χ4n) is 13.4. The van der Waals surface area contributed by atoms with Crippen molar-refractivity contribution in [2.24, 2.45) is 40.4 Å². The van der Waals surface area contributed by atoms with Crippen LogP contribution in [0.1, 0.15) is 92.4 Å². The Morgan fingerprint density at radius 1 is 0.734 bits per heavy atom. The molecule has 7 fully saturated rings. The summed E-state index contributed by atoms with van der Waals surface area (Å²) in [4.78, 5) is 0. The zero-order valence-electron chi connectivity index (χ0n) is 37.5. The predicted octanol–water partition coefficient (Wildman–Crippen LogP) is -1.72. The molecule has 0 aromatic rings. The van der Waals surface area contributed by atoms with Gasteiger partial charge in [0.1, 0.15) is 72.7 Å². The zero-order chi connectivity index (χ0) is 46.4. The SMILES string of the molecule is C[C@H](CC[C@@]1(O)O[C@H]2C[C@H]3[C@@H]4CC=C5C[C@@H](O[C@@H]6O[C@H](CO)[C@@H](O)[C@H](O)[C@H]6O[C@@H]6O[C@@H](C)[C@H](O)[C@@H](O)[C@H]6O)CC[C@]5(C)[C@H]4CC[C@]3(C)[C@@]2(O)[C@@H]1C)CO[C@@H]1O[C@H](CO)[C@@H](O)[C@H](O)[C@H]1O. The van der Waals surface area contributed by atoms with Crippen LogP contribution in [-0.4, -0.2) is 197 Å². The highest BCUT2D eigenvalue weighted by molar-refractivity contribution is 5.29. The minimum Gasteiger partial charge on any atom is -0.394 e. The summed E-state index contributed by atoms with van der Waals surface area (Å²) >= 11 is 0. The molecule has 4 heterocycles. The molecular weight excluding hydrogens is 844 g/mol. The molecule has 19 nitrogen and oxygen atoms in total. The van der Waals surface area contributed by atoms with E-state index in [4.69, 9.17) is 33.2 Å². The van der Waals surface area contributed by atoms with E-state index in [0.29, 0.717) is 31.6 Å². The van der Waals surface area contributed by atoms with E-state index in [-0.39, 0.29) is 42.3 Å². The van der Waals surface area contributed by atoms with Crippen molar-refractivity contribution in [2.45, 2.75) is 208 Å². The highest BCUT2D eigenvalue weighted by Gasteiger charge is 2.75. The maximum Gasteiger partial charge on any atom is 0.187 e. The van der Waals surface area contributed by atoms with E-state index >= 15 is 0 Å². The van der Waals surface area contributed by atoms with Crippen molar-refractivity contribution in [3.8, 4) is 0 Å². The molecular formula is C45H74O19. The van der Waals surface area contributed by atoms with Gasteiger partial charge >= 0.3 is 0 Å². The maximum atomic E-state index is 12.8. The van der Waals surface area contributed by atoms with Crippen LogP contribution in [-0.2, 0) is 33.2 Å². The van der Waals surface area contributed by atoms with Crippen molar-refractivity contribution < 1.29 is 94.4 Å². The van der Waals surface area contributed by atoms with Crippen LogP contribution in [0.25, 0.3) is 0 Å². The van der Waals surface area contributed by atoms with Crippen molar-refractivity contribution >= 4 is 0 Å². The Kier molecular flexibility index (Phi) is 14.2. The number of hydrogen-bond acceptors (Lipinski definition) is 19. The molecule has 8 rings (SSSR count). The lowest BCUT2D eigenvalue weighted by Gasteiger charge is -2.59. The first-order chi connectivity index (χ1) is 30.1. The second kappa shape index (κ2) is 18.4. The molecule has 3 saturated carbocycles. The molecule has 12 N–H and O–H groups in total. The van der Waals surface area contributed by atoms with Gasteiger partial charge in [0.05, 0.1) is 38.1 Å². The van der Waals surface area contributed by atoms with Gasteiger partial charge in [-0.1, -0.05) is 39.3 Å². The number of allylic oxidation sites excluding steroid dienone is 1. The van der Waals surface area contributed by atoms with Crippen LogP contribution in [0, 0.1) is 40.4 Å². The molecule has 0 unspecified atom stereocenters. The Morgan fingerprint density at radius 2 is 1.38 bits per heavy atom. The second-order valence-corrected chi connectivity index (χ2v) is 21.1. The molecule has 0 spiro atoms. The van der Waals surface area contributed by atoms with Crippen LogP contribution < -0.4 is 0 Å². The van der Waals surface area contributed by atoms with Gasteiger partial charge in [0, 0.05) is 17.8 Å². The molecule has 64 heavy (non-hydrogen) atoms. The number of aliphatic hydroxyl groups excluding tert-OH is 10. The van der Waals surface area contributed by atoms with Crippen LogP contribution in [0.5, 0.6) is 0 Å². The van der Waals surface area contributed by atoms with Gasteiger partial charge < -0.3 is 94.4 Å². The van der Waals surface area contributed by atoms with Crippen LogP contribution >= 0.6 is 0 Å². The zero-order valence-corrected chi connectivity index (χ0v) is 37.5. The van der Waals surface area contributed by atoms with E-state index in [0.717, 1.165) is 25.7 Å². The van der Waals surface area contributed by atoms with Crippen molar-refractivity contribution in [3.63, 3.8) is 0 Å². The second-order valence-electron chi connectivity index (χ2n) is 21.1. The molecule has 4 saturated heterocycles. The predicted molar refractivity (Wildman–Crippen MR) is 219 cm³/mol. The molecule has 4 aliphatic heterocycles. The topological polar surface area (TPSA) is 307 Å². The third-order valence-electron chi connectivity index (χ3n) is 17.6. The summed E-state index contributed by atoms with van der Waals surface area (Å²) in [6.45, 7) is 8.70. The third-order valence-corrected chi connectivity index (χ3v) is 17.6. The Balaban J connectivity index is 0.901. The number of hydrogen-bond donors (Lipinski definition) is 12. The third kappa shape index (κ3) is 8.06. The average molecular weight is 919 g/mol. The largest absolute Gasteiger partial charge is 0.394 e. The molecule has 0 radical (unpaired) electrons. The quantitative estimate of drug-likeness (QED) is 0.0970. The van der Waals surface area contributed by atoms with Crippen molar-refractivity contribution in [2.75, 3.05) is 19.8 Å². The molecule has 0 aromatic carbocycles. The van der Waals surface area contributed by atoms with Gasteiger partial charge in [0.25, 0.3) is 0 Å². The molecule has 0 aromatic heterocycles. The Bertz CT molecular complexity index is 1660. The van der Waals surface area contributed by atoms with E-state index < -0.39 is 134 Å². The first kappa shape index (κ1) is 49.4. The number of ether oxygens (including phenoxy) is 7. The van der Waals surface area contributed by atoms with Crippen molar-refractivity contribution in [1.82, 2.24) is 0 Å². The van der Waals surface area contributed by atoms with E-state index in [9.17, 15) is 61.3 Å². The summed E-state index contributed by atoms with van der Waals surface area (Å²) < 4.78 is 41.8. The maximum absolute atomic E-state index is 12.8. The normalized spacial score (nSPS) is 55.5. The van der Waals surface area contributed by atoms with Gasteiger partial charge in [-0.25, -0.2) is 0 Å². The summed E-state index contributed by atoms with van der Waals surface area (Å²) in [6, 6.07) is 0. The van der Waals surface area contributed by atoms with Gasteiger partial charge in [-0.05, 0) is 87.4 Å². The van der Waals surface area contributed by atoms with Crippen molar-refractivity contribution in [3.05, 3.63) is 11.6 Å². The first-order valence-corrected chi connectivity index (χ1v) is 23.5. The Labute approximate surface area is 373 Å². The number of rotatable bonds is 12. The van der Waals surface area contributed by atoms with Gasteiger partial charge in [-0.3, -0.25) is 0 Å². The first-order valence-electron chi connectivity index (χ1n) is 23.5. The van der Waals surface area contributed by atoms with Crippen LogP contribution in [0.15, 0.2) is 11.6 Å². The standard InChI is InChI=1S/C45H74O19/c1-19(18-58-39-36(54)34(52)31(49)27(16-46)61-39)8-13-44(56)21(3)45(57)29(64-44)15-26-24-7-6-22-14-23(9-11-42(22,4)25(24)10-12-43(26,45)5)60-41-38(35(53)32(50)28(17-47)62-41)63-40-37(55)33(51)30(48)20(2)59-40/h6,19-21,23-41,46-57H,7-18H2,1-5H3/t19-,20+,21-,23+,24-,25+,26+,27-,28-,29+,30+,31-,32-,33-,34+,35+,36-,37-,38-,39-,40+,41-,42+,43+,44-,45-/m1/s1. The summed E-state index contributed by atoms with van der Waals surface area (Å²) in [6.07, 6.45) is -13.8. The Morgan fingerprint density at radius 3 is 2.06 bits per heavy atom. The minimum atomic E-state index is -1.67. The highest BCUT2D eigenvalue weighted by atomic mass is 16.8. The summed E-state index contributed by atoms with van der Waals surface area (Å²) in [5, 5.41) is 128. The van der Waals surface area contributed by atoms with Gasteiger partial charge in [-0.2, -0.15) is 0 Å². The molecule has 0 amide bonds. The van der Waals surface area contributed by atoms with Gasteiger partial charge in [0.15, 0.2) is 24.7 Å². The lowest BCUT2D eigenvalue weighted by atomic mass is 9.46.